The molecule has 4 fully saturated rings. The van der Waals surface area contributed by atoms with E-state index in [9.17, 15) is 24.0 Å². The molecule has 0 unspecified atom stereocenters. The molecular weight excluding hydrogens is 965 g/mol. The lowest BCUT2D eigenvalue weighted by Crippen LogP contribution is -2.72. The van der Waals surface area contributed by atoms with Gasteiger partial charge in [0.15, 0.2) is 24.8 Å². The third-order valence-corrected chi connectivity index (χ3v) is 13.2. The number of benzene rings is 5. The summed E-state index contributed by atoms with van der Waals surface area (Å²) in [6, 6.07) is 41.4. The van der Waals surface area contributed by atoms with Gasteiger partial charge in [-0.15, -0.1) is 0 Å². The number of ether oxygens (including phenoxy) is 9. The Labute approximate surface area is 435 Å². The minimum absolute atomic E-state index is 0.00331. The minimum atomic E-state index is -1.37. The molecule has 394 valence electrons. The Morgan fingerprint density at radius 3 is 1.73 bits per heavy atom. The summed E-state index contributed by atoms with van der Waals surface area (Å²) in [6.07, 6.45) is -9.35. The van der Waals surface area contributed by atoms with Gasteiger partial charge in [-0.05, 0) is 35.7 Å². The summed E-state index contributed by atoms with van der Waals surface area (Å²) in [4.78, 5) is 69.8. The normalized spacial score (nSPS) is 28.0. The van der Waals surface area contributed by atoms with Gasteiger partial charge in [-0.1, -0.05) is 140 Å². The maximum absolute atomic E-state index is 14.6. The van der Waals surface area contributed by atoms with E-state index in [1.54, 1.807) is 37.3 Å². The van der Waals surface area contributed by atoms with Gasteiger partial charge in [0, 0.05) is 25.0 Å². The lowest BCUT2D eigenvalue weighted by molar-refractivity contribution is -0.366. The van der Waals surface area contributed by atoms with Crippen LogP contribution < -0.4 is 16.0 Å². The van der Waals surface area contributed by atoms with Crippen molar-refractivity contribution in [3.63, 3.8) is 0 Å². The molecule has 0 radical (unpaired) electrons. The number of carbonyl (C=O) groups is 5. The predicted molar refractivity (Wildman–Crippen MR) is 269 cm³/mol. The van der Waals surface area contributed by atoms with Crippen molar-refractivity contribution >= 4 is 29.6 Å². The van der Waals surface area contributed by atoms with Gasteiger partial charge < -0.3 is 63.5 Å². The number of carbonyl (C=O) groups excluding carboxylic acids is 5. The Kier molecular flexibility index (Phi) is 17.7. The third kappa shape index (κ3) is 13.2. The van der Waals surface area contributed by atoms with Gasteiger partial charge in [-0.25, -0.2) is 4.79 Å². The summed E-state index contributed by atoms with van der Waals surface area (Å²) in [5.74, 6) is -2.97. The molecule has 5 aromatic rings. The average Bonchev–Trinajstić information content (AvgIpc) is 4.20. The summed E-state index contributed by atoms with van der Waals surface area (Å²) in [5.41, 5.74) is 3.56. The number of nitrogens with zero attached hydrogens (tertiary/aromatic N) is 1. The van der Waals surface area contributed by atoms with Crippen LogP contribution in [0.25, 0.3) is 0 Å². The quantitative estimate of drug-likeness (QED) is 0.0701. The first kappa shape index (κ1) is 53.0. The highest BCUT2D eigenvalue weighted by Gasteiger charge is 2.62. The fraction of sp³-hybridized carbons (Fsp3) is 0.386. The molecular formula is C57H62N4O14. The molecule has 13 atom stereocenters. The van der Waals surface area contributed by atoms with Crippen molar-refractivity contribution in [1.29, 1.82) is 0 Å². The highest BCUT2D eigenvalue weighted by molar-refractivity contribution is 6.07. The van der Waals surface area contributed by atoms with E-state index in [1.807, 2.05) is 121 Å². The van der Waals surface area contributed by atoms with Crippen LogP contribution in [0.3, 0.4) is 0 Å². The molecule has 0 spiro atoms. The molecule has 4 aliphatic rings. The lowest BCUT2D eigenvalue weighted by atomic mass is 9.93. The van der Waals surface area contributed by atoms with Crippen LogP contribution in [0, 0.1) is 0 Å². The first-order valence-corrected chi connectivity index (χ1v) is 25.2. The second-order valence-electron chi connectivity index (χ2n) is 18.6. The average molecular weight is 1030 g/mol. The number of amides is 4. The van der Waals surface area contributed by atoms with Gasteiger partial charge in [0.2, 0.25) is 17.7 Å². The number of fused-ring (bicyclic) bond motifs is 1. The number of nitrogens with one attached hydrogen (secondary N) is 3. The maximum atomic E-state index is 14.6. The Hall–Kier alpha value is -6.87. The Bertz CT molecular complexity index is 2670. The van der Waals surface area contributed by atoms with Crippen molar-refractivity contribution in [2.45, 2.75) is 120 Å². The van der Waals surface area contributed by atoms with Crippen molar-refractivity contribution in [2.24, 2.45) is 0 Å². The zero-order chi connectivity index (χ0) is 52.3. The van der Waals surface area contributed by atoms with Crippen molar-refractivity contribution in [1.82, 2.24) is 20.9 Å². The van der Waals surface area contributed by atoms with E-state index in [4.69, 9.17) is 42.6 Å². The second-order valence-corrected chi connectivity index (χ2v) is 18.6. The van der Waals surface area contributed by atoms with Crippen LogP contribution in [0.15, 0.2) is 152 Å². The molecule has 4 amide bonds. The predicted octanol–water partition coefficient (Wildman–Crippen LogP) is 4.91. The molecule has 0 bridgehead atoms. The summed E-state index contributed by atoms with van der Waals surface area (Å²) in [5, 5.41) is 8.91. The molecule has 3 N–H and O–H groups in total. The summed E-state index contributed by atoms with van der Waals surface area (Å²) in [6.45, 7) is 4.54. The van der Waals surface area contributed by atoms with E-state index in [1.165, 1.54) is 13.8 Å². The van der Waals surface area contributed by atoms with E-state index >= 15 is 0 Å². The molecule has 0 saturated carbocycles. The zero-order valence-electron chi connectivity index (χ0n) is 41.8. The van der Waals surface area contributed by atoms with Gasteiger partial charge in [0.1, 0.15) is 54.7 Å². The molecule has 0 aromatic heterocycles. The lowest BCUT2D eigenvalue weighted by Gasteiger charge is -2.52. The first-order valence-electron chi connectivity index (χ1n) is 25.2. The van der Waals surface area contributed by atoms with Crippen LogP contribution >= 0.6 is 0 Å². The molecule has 4 heterocycles. The zero-order valence-corrected chi connectivity index (χ0v) is 41.8. The van der Waals surface area contributed by atoms with Gasteiger partial charge >= 0.3 is 5.97 Å². The number of esters is 1. The van der Waals surface area contributed by atoms with Crippen LogP contribution in [0.4, 0.5) is 0 Å². The van der Waals surface area contributed by atoms with Gasteiger partial charge in [-0.2, -0.15) is 0 Å². The Morgan fingerprint density at radius 2 is 1.15 bits per heavy atom. The minimum Gasteiger partial charge on any atom is -0.464 e. The molecule has 4 aliphatic heterocycles. The molecule has 4 saturated heterocycles. The fourth-order valence-corrected chi connectivity index (χ4v) is 9.74. The van der Waals surface area contributed by atoms with E-state index in [0.717, 1.165) is 27.2 Å². The monoisotopic (exact) mass is 1030 g/mol. The molecule has 5 aromatic carbocycles. The third-order valence-electron chi connectivity index (χ3n) is 13.2. The smallest absolute Gasteiger partial charge is 0.331 e. The van der Waals surface area contributed by atoms with Crippen LogP contribution in [0.2, 0.25) is 0 Å². The molecule has 9 rings (SSSR count). The van der Waals surface area contributed by atoms with E-state index in [-0.39, 0.29) is 45.2 Å². The fourth-order valence-electron chi connectivity index (χ4n) is 9.74. The molecule has 18 nitrogen and oxygen atoms in total. The molecule has 0 aliphatic carbocycles. The number of hydrogen-bond acceptors (Lipinski definition) is 14. The van der Waals surface area contributed by atoms with Crippen molar-refractivity contribution < 1.29 is 66.6 Å². The number of hydrogen-bond donors (Lipinski definition) is 3. The summed E-state index contributed by atoms with van der Waals surface area (Å²) in [7, 11) is 0. The summed E-state index contributed by atoms with van der Waals surface area (Å²) >= 11 is 0. The number of rotatable bonds is 20. The van der Waals surface area contributed by atoms with Gasteiger partial charge in [0.05, 0.1) is 39.6 Å². The summed E-state index contributed by atoms with van der Waals surface area (Å²) < 4.78 is 59.1. The molecule has 18 heteroatoms. The van der Waals surface area contributed by atoms with Gasteiger partial charge in [-0.3, -0.25) is 19.2 Å². The molecule has 75 heavy (non-hydrogen) atoms. The van der Waals surface area contributed by atoms with Crippen LogP contribution in [0.1, 0.15) is 59.7 Å². The Balaban J connectivity index is 1.07. The van der Waals surface area contributed by atoms with E-state index in [0.29, 0.717) is 0 Å². The van der Waals surface area contributed by atoms with Gasteiger partial charge in [0.25, 0.3) is 5.91 Å². The highest BCUT2D eigenvalue weighted by Crippen LogP contribution is 2.39. The van der Waals surface area contributed by atoms with Crippen LogP contribution in [0.5, 0.6) is 0 Å². The van der Waals surface area contributed by atoms with Crippen molar-refractivity contribution in [2.75, 3.05) is 19.8 Å². The Morgan fingerprint density at radius 1 is 0.600 bits per heavy atom. The van der Waals surface area contributed by atoms with Crippen LogP contribution in [-0.4, -0.2) is 128 Å². The van der Waals surface area contributed by atoms with Crippen LogP contribution in [-0.2, 0) is 81.6 Å². The second kappa shape index (κ2) is 25.1. The van der Waals surface area contributed by atoms with Crippen molar-refractivity contribution in [3.05, 3.63) is 179 Å². The standard InChI is InChI=1S/C57H62N4O14/c1-4-68-55(66)47-46(61(47)54(65)40-26-16-8-17-27-40)52(64)60-53-44(58-35(2)62)50(69-31-38-22-12-6-13-23-38)48(42(72-53)33-67-30-37-20-10-5-11-21-37)75-57-45(59-36(3)63)51(70-32-39-24-14-7-15-25-39)49-43(73-57)34-71-56(74-49)41-28-18-9-19-29-41/h5-29,42-51,53,56-57H,4,30-34H2,1-3H3,(H,58,62)(H,59,63)(H,60,64)/t42-,43-,44-,45-,46+,47+,48-,49-,50-,51-,53-,56-,57+,61?/m1/s1. The highest BCUT2D eigenvalue weighted by atomic mass is 16.8. The van der Waals surface area contributed by atoms with Crippen molar-refractivity contribution in [3.8, 4) is 0 Å². The topological polar surface area (TPSA) is 208 Å². The SMILES string of the molecule is CCOC(=O)[C@@H]1[C@@H](C(=O)N[C@@H]2O[C@H](COCc3ccccc3)[C@@H](O[C@@H]3O[C@@H]4CO[C@@H](c5ccccc5)O[C@H]4[C@H](OCc4ccccc4)[C@H]3NC(C)=O)[C@H](OCc3ccccc3)[C@H]2NC(C)=O)N1C(=O)c1ccccc1. The van der Waals surface area contributed by atoms with E-state index in [2.05, 4.69) is 16.0 Å². The van der Waals surface area contributed by atoms with E-state index < -0.39 is 109 Å². The maximum Gasteiger partial charge on any atom is 0.331 e. The first-order chi connectivity index (χ1) is 36.6. The largest absolute Gasteiger partial charge is 0.464 e.